The number of benzene rings is 2. The standard InChI is InChI=1S/C21H27F2NO/c1-20(2,24)17-6-4-15-13-19(9-5-14(15)12-17)25-18-10-7-16(8-11-18)21(3,22)23/h4-6,9,12-13,16,18H,7-8,10-11,24H2,1-3H3. The van der Waals surface area contributed by atoms with Gasteiger partial charge in [-0.05, 0) is 81.0 Å². The van der Waals surface area contributed by atoms with E-state index in [4.69, 9.17) is 10.5 Å². The van der Waals surface area contributed by atoms with E-state index in [0.29, 0.717) is 25.7 Å². The molecule has 0 unspecified atom stereocenters. The number of halogens is 2. The molecular weight excluding hydrogens is 320 g/mol. The van der Waals surface area contributed by atoms with Crippen molar-refractivity contribution in [2.45, 2.75) is 64.0 Å². The topological polar surface area (TPSA) is 35.2 Å². The third-order valence-electron chi connectivity index (χ3n) is 5.25. The van der Waals surface area contributed by atoms with Crippen LogP contribution in [0.5, 0.6) is 5.75 Å². The van der Waals surface area contributed by atoms with E-state index in [2.05, 4.69) is 12.1 Å². The van der Waals surface area contributed by atoms with Crippen molar-refractivity contribution in [2.24, 2.45) is 11.7 Å². The molecule has 2 aromatic rings. The second kappa shape index (κ2) is 6.56. The van der Waals surface area contributed by atoms with Gasteiger partial charge in [-0.1, -0.05) is 18.2 Å². The molecule has 1 saturated carbocycles. The van der Waals surface area contributed by atoms with Crippen molar-refractivity contribution in [1.29, 1.82) is 0 Å². The van der Waals surface area contributed by atoms with E-state index >= 15 is 0 Å². The maximum absolute atomic E-state index is 13.4. The summed E-state index contributed by atoms with van der Waals surface area (Å²) in [5.74, 6) is -2.29. The molecule has 0 saturated heterocycles. The van der Waals surface area contributed by atoms with E-state index in [1.54, 1.807) is 0 Å². The fraction of sp³-hybridized carbons (Fsp3) is 0.524. The van der Waals surface area contributed by atoms with Gasteiger partial charge in [0.25, 0.3) is 0 Å². The Kier molecular flexibility index (Phi) is 4.76. The maximum atomic E-state index is 13.4. The molecule has 0 heterocycles. The molecule has 1 aliphatic rings. The lowest BCUT2D eigenvalue weighted by Crippen LogP contribution is -2.32. The highest BCUT2D eigenvalue weighted by Gasteiger charge is 2.37. The second-order valence-corrected chi connectivity index (χ2v) is 7.99. The Balaban J connectivity index is 1.69. The lowest BCUT2D eigenvalue weighted by atomic mass is 9.84. The fourth-order valence-electron chi connectivity index (χ4n) is 3.58. The molecule has 1 aliphatic carbocycles. The Labute approximate surface area is 148 Å². The van der Waals surface area contributed by atoms with Gasteiger partial charge in [-0.2, -0.15) is 0 Å². The van der Waals surface area contributed by atoms with Crippen molar-refractivity contribution in [3.05, 3.63) is 42.0 Å². The van der Waals surface area contributed by atoms with Crippen LogP contribution in [-0.4, -0.2) is 12.0 Å². The average Bonchev–Trinajstić information content (AvgIpc) is 2.53. The molecule has 25 heavy (non-hydrogen) atoms. The van der Waals surface area contributed by atoms with Crippen molar-refractivity contribution >= 4 is 10.8 Å². The van der Waals surface area contributed by atoms with Gasteiger partial charge in [0, 0.05) is 11.5 Å². The minimum absolute atomic E-state index is 0.0262. The van der Waals surface area contributed by atoms with Crippen LogP contribution in [0, 0.1) is 5.92 Å². The number of fused-ring (bicyclic) bond motifs is 1. The smallest absolute Gasteiger partial charge is 0.248 e. The predicted octanol–water partition coefficient (Wildman–Crippen LogP) is 5.63. The van der Waals surface area contributed by atoms with Gasteiger partial charge in [0.05, 0.1) is 6.10 Å². The van der Waals surface area contributed by atoms with Crippen molar-refractivity contribution in [1.82, 2.24) is 0 Å². The van der Waals surface area contributed by atoms with E-state index in [1.807, 2.05) is 38.1 Å². The summed E-state index contributed by atoms with van der Waals surface area (Å²) >= 11 is 0. The first kappa shape index (κ1) is 18.1. The molecular formula is C21H27F2NO. The Morgan fingerprint density at radius 2 is 1.52 bits per heavy atom. The molecule has 0 radical (unpaired) electrons. The lowest BCUT2D eigenvalue weighted by molar-refractivity contribution is -0.0630. The van der Waals surface area contributed by atoms with Gasteiger partial charge in [0.1, 0.15) is 5.75 Å². The summed E-state index contributed by atoms with van der Waals surface area (Å²) < 4.78 is 32.9. The fourth-order valence-corrected chi connectivity index (χ4v) is 3.58. The molecule has 0 atom stereocenters. The van der Waals surface area contributed by atoms with Gasteiger partial charge in [-0.3, -0.25) is 0 Å². The summed E-state index contributed by atoms with van der Waals surface area (Å²) in [6.45, 7) is 5.00. The zero-order valence-electron chi connectivity index (χ0n) is 15.2. The molecule has 2 aromatic carbocycles. The summed E-state index contributed by atoms with van der Waals surface area (Å²) in [5, 5.41) is 2.22. The highest BCUT2D eigenvalue weighted by Crippen LogP contribution is 2.37. The molecule has 3 rings (SSSR count). The molecule has 0 bridgehead atoms. The van der Waals surface area contributed by atoms with E-state index in [1.165, 1.54) is 0 Å². The van der Waals surface area contributed by atoms with Crippen LogP contribution in [-0.2, 0) is 5.54 Å². The predicted molar refractivity (Wildman–Crippen MR) is 98.2 cm³/mol. The first-order valence-corrected chi connectivity index (χ1v) is 9.00. The Bertz CT molecular complexity index is 738. The molecule has 2 N–H and O–H groups in total. The molecule has 1 fully saturated rings. The molecule has 4 heteroatoms. The number of rotatable bonds is 4. The van der Waals surface area contributed by atoms with Crippen LogP contribution in [0.25, 0.3) is 10.8 Å². The van der Waals surface area contributed by atoms with Crippen molar-refractivity contribution < 1.29 is 13.5 Å². The minimum Gasteiger partial charge on any atom is -0.490 e. The van der Waals surface area contributed by atoms with Gasteiger partial charge in [-0.15, -0.1) is 0 Å². The first-order valence-electron chi connectivity index (χ1n) is 9.00. The summed E-state index contributed by atoms with van der Waals surface area (Å²) in [5.41, 5.74) is 6.88. The van der Waals surface area contributed by atoms with Crippen molar-refractivity contribution in [2.75, 3.05) is 0 Å². The van der Waals surface area contributed by atoms with Gasteiger partial charge >= 0.3 is 0 Å². The van der Waals surface area contributed by atoms with Crippen molar-refractivity contribution in [3.8, 4) is 5.75 Å². The minimum atomic E-state index is -2.58. The van der Waals surface area contributed by atoms with E-state index < -0.39 is 11.8 Å². The molecule has 0 aliphatic heterocycles. The normalized spacial score (nSPS) is 22.2. The average molecular weight is 347 g/mol. The lowest BCUT2D eigenvalue weighted by Gasteiger charge is -2.32. The number of hydrogen-bond donors (Lipinski definition) is 1. The quantitative estimate of drug-likeness (QED) is 0.778. The van der Waals surface area contributed by atoms with Crippen molar-refractivity contribution in [3.63, 3.8) is 0 Å². The third-order valence-corrected chi connectivity index (χ3v) is 5.25. The summed E-state index contributed by atoms with van der Waals surface area (Å²) in [4.78, 5) is 0. The zero-order valence-corrected chi connectivity index (χ0v) is 15.2. The molecule has 136 valence electrons. The van der Waals surface area contributed by atoms with E-state index in [0.717, 1.165) is 29.0 Å². The molecule has 0 spiro atoms. The van der Waals surface area contributed by atoms with Gasteiger partial charge in [0.2, 0.25) is 5.92 Å². The molecule has 2 nitrogen and oxygen atoms in total. The number of nitrogens with two attached hydrogens (primary N) is 1. The third kappa shape index (κ3) is 4.30. The SMILES string of the molecule is CC(C)(N)c1ccc2cc(OC3CCC(C(C)(F)F)CC3)ccc2c1. The van der Waals surface area contributed by atoms with Crippen LogP contribution >= 0.6 is 0 Å². The second-order valence-electron chi connectivity index (χ2n) is 7.99. The van der Waals surface area contributed by atoms with Crippen LogP contribution < -0.4 is 10.5 Å². The van der Waals surface area contributed by atoms with E-state index in [9.17, 15) is 8.78 Å². The summed E-state index contributed by atoms with van der Waals surface area (Å²) in [6, 6.07) is 12.2. The van der Waals surface area contributed by atoms with Gasteiger partial charge in [0.15, 0.2) is 0 Å². The Hall–Kier alpha value is -1.68. The van der Waals surface area contributed by atoms with Gasteiger partial charge in [-0.25, -0.2) is 8.78 Å². The summed E-state index contributed by atoms with van der Waals surface area (Å²) in [6.07, 6.45) is 2.45. The van der Waals surface area contributed by atoms with Crippen LogP contribution in [0.15, 0.2) is 36.4 Å². The largest absolute Gasteiger partial charge is 0.490 e. The monoisotopic (exact) mass is 347 g/mol. The molecule has 0 aromatic heterocycles. The van der Waals surface area contributed by atoms with Crippen LogP contribution in [0.4, 0.5) is 8.78 Å². The number of alkyl halides is 2. The zero-order chi connectivity index (χ0) is 18.2. The van der Waals surface area contributed by atoms with Crippen LogP contribution in [0.3, 0.4) is 0 Å². The highest BCUT2D eigenvalue weighted by molar-refractivity contribution is 5.84. The van der Waals surface area contributed by atoms with E-state index in [-0.39, 0.29) is 11.6 Å². The maximum Gasteiger partial charge on any atom is 0.248 e. The van der Waals surface area contributed by atoms with Crippen LogP contribution in [0.1, 0.15) is 52.0 Å². The molecule has 0 amide bonds. The Morgan fingerprint density at radius 1 is 0.920 bits per heavy atom. The summed E-state index contributed by atoms with van der Waals surface area (Å²) in [7, 11) is 0. The number of hydrogen-bond acceptors (Lipinski definition) is 2. The van der Waals surface area contributed by atoms with Crippen LogP contribution in [0.2, 0.25) is 0 Å². The number of ether oxygens (including phenoxy) is 1. The van der Waals surface area contributed by atoms with Gasteiger partial charge < -0.3 is 10.5 Å². The first-order chi connectivity index (χ1) is 11.6. The highest BCUT2D eigenvalue weighted by atomic mass is 19.3. The Morgan fingerprint density at radius 3 is 2.12 bits per heavy atom.